The molecule has 20 heavy (non-hydrogen) atoms. The predicted octanol–water partition coefficient (Wildman–Crippen LogP) is 3.88. The highest BCUT2D eigenvalue weighted by Crippen LogP contribution is 2.16. The van der Waals surface area contributed by atoms with Gasteiger partial charge in [-0.3, -0.25) is 0 Å². The van der Waals surface area contributed by atoms with E-state index in [9.17, 15) is 0 Å². The van der Waals surface area contributed by atoms with Crippen molar-refractivity contribution in [1.29, 1.82) is 0 Å². The Morgan fingerprint density at radius 2 is 0.950 bits per heavy atom. The first-order valence-electron chi connectivity index (χ1n) is 8.17. The molecule has 2 heteroatoms. The van der Waals surface area contributed by atoms with Gasteiger partial charge in [-0.05, 0) is 49.7 Å². The van der Waals surface area contributed by atoms with Gasteiger partial charge in [0, 0.05) is 13.2 Å². The Kier molecular flexibility index (Phi) is 10.3. The summed E-state index contributed by atoms with van der Waals surface area (Å²) in [6.45, 7) is 0.648. The molecule has 0 heterocycles. The minimum absolute atomic E-state index is 0.324. The monoisotopic (exact) mass is 278 g/mol. The molecule has 0 saturated carbocycles. The van der Waals surface area contributed by atoms with Crippen LogP contribution in [0, 0.1) is 0 Å². The molecular formula is C18H30O2. The van der Waals surface area contributed by atoms with Crippen LogP contribution in [-0.4, -0.2) is 23.4 Å². The van der Waals surface area contributed by atoms with Gasteiger partial charge in [0.05, 0.1) is 0 Å². The lowest BCUT2D eigenvalue weighted by Crippen LogP contribution is -1.96. The Balaban J connectivity index is 2.27. The molecule has 2 N–H and O–H groups in total. The van der Waals surface area contributed by atoms with Crippen molar-refractivity contribution in [3.05, 3.63) is 35.4 Å². The summed E-state index contributed by atoms with van der Waals surface area (Å²) < 4.78 is 0. The van der Waals surface area contributed by atoms with Crippen LogP contribution in [0.25, 0.3) is 0 Å². The van der Waals surface area contributed by atoms with Crippen LogP contribution in [0.15, 0.2) is 24.3 Å². The van der Waals surface area contributed by atoms with Crippen LogP contribution < -0.4 is 0 Å². The van der Waals surface area contributed by atoms with Gasteiger partial charge in [0.15, 0.2) is 0 Å². The summed E-state index contributed by atoms with van der Waals surface area (Å²) in [7, 11) is 0. The average Bonchev–Trinajstić information content (AvgIpc) is 2.48. The molecule has 0 aliphatic heterocycles. The molecule has 0 bridgehead atoms. The van der Waals surface area contributed by atoms with Gasteiger partial charge in [-0.2, -0.15) is 0 Å². The van der Waals surface area contributed by atoms with Gasteiger partial charge in [-0.1, -0.05) is 49.9 Å². The SMILES string of the molecule is OCCCCCCc1ccccc1CCCCCCO. The van der Waals surface area contributed by atoms with Crippen LogP contribution in [0.5, 0.6) is 0 Å². The lowest BCUT2D eigenvalue weighted by Gasteiger charge is -2.09. The third-order valence-electron chi connectivity index (χ3n) is 3.83. The van der Waals surface area contributed by atoms with Gasteiger partial charge in [0.2, 0.25) is 0 Å². The van der Waals surface area contributed by atoms with E-state index >= 15 is 0 Å². The maximum Gasteiger partial charge on any atom is 0.0431 e. The molecular weight excluding hydrogens is 248 g/mol. The molecule has 0 aliphatic carbocycles. The number of hydrogen-bond donors (Lipinski definition) is 2. The highest BCUT2D eigenvalue weighted by molar-refractivity contribution is 5.27. The quantitative estimate of drug-likeness (QED) is 0.570. The minimum atomic E-state index is 0.324. The van der Waals surface area contributed by atoms with E-state index < -0.39 is 0 Å². The second kappa shape index (κ2) is 11.9. The molecule has 0 saturated heterocycles. The van der Waals surface area contributed by atoms with E-state index in [2.05, 4.69) is 24.3 Å². The van der Waals surface area contributed by atoms with E-state index in [-0.39, 0.29) is 0 Å². The van der Waals surface area contributed by atoms with Crippen molar-refractivity contribution in [2.75, 3.05) is 13.2 Å². The van der Waals surface area contributed by atoms with Crippen molar-refractivity contribution in [1.82, 2.24) is 0 Å². The van der Waals surface area contributed by atoms with Crippen molar-refractivity contribution in [3.63, 3.8) is 0 Å². The smallest absolute Gasteiger partial charge is 0.0431 e. The summed E-state index contributed by atoms with van der Waals surface area (Å²) >= 11 is 0. The average molecular weight is 278 g/mol. The summed E-state index contributed by atoms with van der Waals surface area (Å²) in [5, 5.41) is 17.5. The zero-order valence-corrected chi connectivity index (χ0v) is 12.7. The first kappa shape index (κ1) is 17.2. The molecule has 0 aliphatic rings. The fourth-order valence-corrected chi connectivity index (χ4v) is 2.61. The molecule has 0 amide bonds. The van der Waals surface area contributed by atoms with E-state index in [1.165, 1.54) is 36.8 Å². The van der Waals surface area contributed by atoms with Gasteiger partial charge >= 0.3 is 0 Å². The Morgan fingerprint density at radius 3 is 1.35 bits per heavy atom. The number of aliphatic hydroxyl groups is 2. The van der Waals surface area contributed by atoms with Gasteiger partial charge in [0.1, 0.15) is 0 Å². The highest BCUT2D eigenvalue weighted by atomic mass is 16.3. The van der Waals surface area contributed by atoms with Crippen molar-refractivity contribution in [2.45, 2.75) is 64.2 Å². The molecule has 0 aromatic heterocycles. The topological polar surface area (TPSA) is 40.5 Å². The van der Waals surface area contributed by atoms with Gasteiger partial charge in [-0.15, -0.1) is 0 Å². The van der Waals surface area contributed by atoms with Gasteiger partial charge in [-0.25, -0.2) is 0 Å². The summed E-state index contributed by atoms with van der Waals surface area (Å²) in [6.07, 6.45) is 11.4. The van der Waals surface area contributed by atoms with Crippen molar-refractivity contribution < 1.29 is 10.2 Å². The van der Waals surface area contributed by atoms with E-state index in [0.717, 1.165) is 38.5 Å². The number of hydrogen-bond acceptors (Lipinski definition) is 2. The Morgan fingerprint density at radius 1 is 0.550 bits per heavy atom. The molecule has 1 rings (SSSR count). The van der Waals surface area contributed by atoms with Crippen LogP contribution in [0.3, 0.4) is 0 Å². The Labute approximate surface area is 123 Å². The zero-order valence-electron chi connectivity index (χ0n) is 12.7. The summed E-state index contributed by atoms with van der Waals surface area (Å²) in [5.41, 5.74) is 3.00. The largest absolute Gasteiger partial charge is 0.396 e. The lowest BCUT2D eigenvalue weighted by atomic mass is 9.97. The van der Waals surface area contributed by atoms with Crippen molar-refractivity contribution in [2.24, 2.45) is 0 Å². The molecule has 2 nitrogen and oxygen atoms in total. The fraction of sp³-hybridized carbons (Fsp3) is 0.667. The number of benzene rings is 1. The van der Waals surface area contributed by atoms with Crippen LogP contribution >= 0.6 is 0 Å². The number of aryl methyl sites for hydroxylation is 2. The second-order valence-corrected chi connectivity index (χ2v) is 5.54. The summed E-state index contributed by atoms with van der Waals surface area (Å²) in [4.78, 5) is 0. The lowest BCUT2D eigenvalue weighted by molar-refractivity contribution is 0.282. The number of unbranched alkanes of at least 4 members (excludes halogenated alkanes) is 6. The molecule has 0 spiro atoms. The minimum Gasteiger partial charge on any atom is -0.396 e. The fourth-order valence-electron chi connectivity index (χ4n) is 2.61. The van der Waals surface area contributed by atoms with Crippen LogP contribution in [-0.2, 0) is 12.8 Å². The zero-order chi connectivity index (χ0) is 14.5. The van der Waals surface area contributed by atoms with E-state index in [1.807, 2.05) is 0 Å². The molecule has 0 fully saturated rings. The van der Waals surface area contributed by atoms with Crippen molar-refractivity contribution >= 4 is 0 Å². The van der Waals surface area contributed by atoms with Crippen molar-refractivity contribution in [3.8, 4) is 0 Å². The van der Waals surface area contributed by atoms with E-state index in [1.54, 1.807) is 0 Å². The predicted molar refractivity (Wildman–Crippen MR) is 85.0 cm³/mol. The van der Waals surface area contributed by atoms with Crippen LogP contribution in [0.4, 0.5) is 0 Å². The molecule has 0 radical (unpaired) electrons. The molecule has 0 unspecified atom stereocenters. The molecule has 114 valence electrons. The maximum atomic E-state index is 8.77. The third-order valence-corrected chi connectivity index (χ3v) is 3.83. The van der Waals surface area contributed by atoms with Gasteiger partial charge in [0.25, 0.3) is 0 Å². The first-order valence-corrected chi connectivity index (χ1v) is 8.17. The first-order chi connectivity index (χ1) is 9.88. The molecule has 1 aromatic carbocycles. The summed E-state index contributed by atoms with van der Waals surface area (Å²) in [5.74, 6) is 0. The second-order valence-electron chi connectivity index (χ2n) is 5.54. The molecule has 1 aromatic rings. The Hall–Kier alpha value is -0.860. The third kappa shape index (κ3) is 7.66. The Bertz CT molecular complexity index is 303. The van der Waals surface area contributed by atoms with Gasteiger partial charge < -0.3 is 10.2 Å². The number of rotatable bonds is 12. The molecule has 0 atom stereocenters. The highest BCUT2D eigenvalue weighted by Gasteiger charge is 2.02. The van der Waals surface area contributed by atoms with E-state index in [4.69, 9.17) is 10.2 Å². The number of aliphatic hydroxyl groups excluding tert-OH is 2. The van der Waals surface area contributed by atoms with Crippen LogP contribution in [0.2, 0.25) is 0 Å². The standard InChI is InChI=1S/C18H30O2/c19-15-9-3-1-5-11-17-13-7-8-14-18(17)12-6-2-4-10-16-20/h7-8,13-14,19-20H,1-6,9-12,15-16H2. The summed E-state index contributed by atoms with van der Waals surface area (Å²) in [6, 6.07) is 8.79. The normalized spacial score (nSPS) is 10.9. The maximum absolute atomic E-state index is 8.77. The van der Waals surface area contributed by atoms with E-state index in [0.29, 0.717) is 13.2 Å². The van der Waals surface area contributed by atoms with Crippen LogP contribution in [0.1, 0.15) is 62.5 Å².